The Hall–Kier alpha value is -1.73. The Labute approximate surface area is 143 Å². The zero-order valence-electron chi connectivity index (χ0n) is 13.9. The van der Waals surface area contributed by atoms with Crippen LogP contribution in [0.4, 0.5) is 0 Å². The number of hydrogen-bond donors (Lipinski definition) is 1. The largest absolute Gasteiger partial charge is 0.382 e. The zero-order valence-corrected chi connectivity index (χ0v) is 14.8. The van der Waals surface area contributed by atoms with Gasteiger partial charge in [-0.1, -0.05) is 48.5 Å². The van der Waals surface area contributed by atoms with Crippen LogP contribution in [0, 0.1) is 0 Å². The first-order valence-corrected chi connectivity index (χ1v) is 9.32. The van der Waals surface area contributed by atoms with Gasteiger partial charge in [-0.25, -0.2) is 13.1 Å². The minimum absolute atomic E-state index is 0.129. The van der Waals surface area contributed by atoms with Crippen LogP contribution >= 0.6 is 0 Å². The van der Waals surface area contributed by atoms with Crippen LogP contribution in [0.3, 0.4) is 0 Å². The van der Waals surface area contributed by atoms with Gasteiger partial charge in [-0.3, -0.25) is 0 Å². The SMILES string of the molecule is COCC(CS(=O)(=O)NCc1cccc(-c2ccccc2)c1)OC. The van der Waals surface area contributed by atoms with E-state index in [0.717, 1.165) is 16.7 Å². The van der Waals surface area contributed by atoms with Crippen LogP contribution in [0.25, 0.3) is 11.1 Å². The Kier molecular flexibility index (Phi) is 6.93. The Morgan fingerprint density at radius 1 is 1.00 bits per heavy atom. The summed E-state index contributed by atoms with van der Waals surface area (Å²) in [5.41, 5.74) is 3.06. The van der Waals surface area contributed by atoms with E-state index in [0.29, 0.717) is 0 Å². The van der Waals surface area contributed by atoms with Crippen molar-refractivity contribution in [2.24, 2.45) is 0 Å². The van der Waals surface area contributed by atoms with Crippen LogP contribution in [0.1, 0.15) is 5.56 Å². The third-order valence-electron chi connectivity index (χ3n) is 3.62. The van der Waals surface area contributed by atoms with Gasteiger partial charge in [-0.05, 0) is 22.8 Å². The quantitative estimate of drug-likeness (QED) is 0.755. The molecule has 2 rings (SSSR count). The number of hydrogen-bond acceptors (Lipinski definition) is 4. The molecule has 0 aromatic heterocycles. The number of benzene rings is 2. The van der Waals surface area contributed by atoms with E-state index < -0.39 is 16.1 Å². The highest BCUT2D eigenvalue weighted by Gasteiger charge is 2.18. The average molecular weight is 349 g/mol. The van der Waals surface area contributed by atoms with Crippen molar-refractivity contribution in [2.45, 2.75) is 12.6 Å². The molecule has 0 aliphatic carbocycles. The molecule has 1 atom stereocenters. The molecule has 0 aliphatic rings. The van der Waals surface area contributed by atoms with Crippen LogP contribution < -0.4 is 4.72 Å². The summed E-state index contributed by atoms with van der Waals surface area (Å²) in [4.78, 5) is 0. The molecule has 2 aromatic carbocycles. The number of sulfonamides is 1. The first-order valence-electron chi connectivity index (χ1n) is 7.67. The molecule has 0 saturated carbocycles. The molecule has 0 spiro atoms. The van der Waals surface area contributed by atoms with E-state index in [1.165, 1.54) is 14.2 Å². The van der Waals surface area contributed by atoms with E-state index in [2.05, 4.69) is 4.72 Å². The van der Waals surface area contributed by atoms with Gasteiger partial charge in [0, 0.05) is 20.8 Å². The summed E-state index contributed by atoms with van der Waals surface area (Å²) in [6, 6.07) is 17.8. The normalized spacial score (nSPS) is 12.9. The summed E-state index contributed by atoms with van der Waals surface area (Å²) in [5.74, 6) is -0.129. The van der Waals surface area contributed by atoms with Crippen LogP contribution in [-0.4, -0.2) is 41.1 Å². The van der Waals surface area contributed by atoms with E-state index in [4.69, 9.17) is 9.47 Å². The third kappa shape index (κ3) is 5.72. The number of methoxy groups -OCH3 is 2. The summed E-state index contributed by atoms with van der Waals surface area (Å²) in [6.45, 7) is 0.479. The summed E-state index contributed by atoms with van der Waals surface area (Å²) in [6.07, 6.45) is -0.483. The molecule has 5 nitrogen and oxygen atoms in total. The minimum Gasteiger partial charge on any atom is -0.382 e. The maximum atomic E-state index is 12.2. The molecule has 0 saturated heterocycles. The van der Waals surface area contributed by atoms with E-state index in [-0.39, 0.29) is 18.9 Å². The molecular weight excluding hydrogens is 326 g/mol. The minimum atomic E-state index is -3.45. The monoisotopic (exact) mass is 349 g/mol. The lowest BCUT2D eigenvalue weighted by atomic mass is 10.0. The van der Waals surface area contributed by atoms with Crippen molar-refractivity contribution in [3.63, 3.8) is 0 Å². The Bertz CT molecular complexity index is 732. The van der Waals surface area contributed by atoms with E-state index in [1.54, 1.807) is 0 Å². The number of nitrogens with one attached hydrogen (secondary N) is 1. The topological polar surface area (TPSA) is 64.6 Å². The summed E-state index contributed by atoms with van der Waals surface area (Å²) < 4.78 is 37.0. The van der Waals surface area contributed by atoms with E-state index in [9.17, 15) is 8.42 Å². The molecule has 6 heteroatoms. The van der Waals surface area contributed by atoms with Crippen LogP contribution in [-0.2, 0) is 26.0 Å². The zero-order chi connectivity index (χ0) is 17.4. The highest BCUT2D eigenvalue weighted by Crippen LogP contribution is 2.20. The fourth-order valence-corrected chi connectivity index (χ4v) is 3.58. The lowest BCUT2D eigenvalue weighted by Crippen LogP contribution is -2.34. The highest BCUT2D eigenvalue weighted by atomic mass is 32.2. The lowest BCUT2D eigenvalue weighted by molar-refractivity contribution is 0.0419. The van der Waals surface area contributed by atoms with Crippen molar-refractivity contribution in [2.75, 3.05) is 26.6 Å². The van der Waals surface area contributed by atoms with Crippen molar-refractivity contribution >= 4 is 10.0 Å². The highest BCUT2D eigenvalue weighted by molar-refractivity contribution is 7.89. The molecule has 24 heavy (non-hydrogen) atoms. The molecule has 0 bridgehead atoms. The first-order chi connectivity index (χ1) is 11.5. The van der Waals surface area contributed by atoms with E-state index in [1.807, 2.05) is 54.6 Å². The Balaban J connectivity index is 2.01. The fraction of sp³-hybridized carbons (Fsp3) is 0.333. The maximum Gasteiger partial charge on any atom is 0.214 e. The van der Waals surface area contributed by atoms with Crippen molar-refractivity contribution in [3.05, 3.63) is 60.2 Å². The van der Waals surface area contributed by atoms with Crippen molar-refractivity contribution in [3.8, 4) is 11.1 Å². The fourth-order valence-electron chi connectivity index (χ4n) is 2.36. The van der Waals surface area contributed by atoms with Gasteiger partial charge in [0.1, 0.15) is 0 Å². The third-order valence-corrected chi connectivity index (χ3v) is 5.02. The average Bonchev–Trinajstić information content (AvgIpc) is 2.60. The Morgan fingerprint density at radius 2 is 1.71 bits per heavy atom. The molecule has 2 aromatic rings. The van der Waals surface area contributed by atoms with Crippen LogP contribution in [0.2, 0.25) is 0 Å². The van der Waals surface area contributed by atoms with Gasteiger partial charge in [0.05, 0.1) is 18.5 Å². The molecule has 0 radical (unpaired) electrons. The molecule has 1 N–H and O–H groups in total. The van der Waals surface area contributed by atoms with Crippen LogP contribution in [0.15, 0.2) is 54.6 Å². The van der Waals surface area contributed by atoms with Gasteiger partial charge in [-0.15, -0.1) is 0 Å². The predicted molar refractivity (Wildman–Crippen MR) is 95.2 cm³/mol. The lowest BCUT2D eigenvalue weighted by Gasteiger charge is -2.15. The van der Waals surface area contributed by atoms with Gasteiger partial charge >= 0.3 is 0 Å². The van der Waals surface area contributed by atoms with Gasteiger partial charge in [0.15, 0.2) is 0 Å². The second-order valence-electron chi connectivity index (χ2n) is 5.48. The molecule has 130 valence electrons. The van der Waals surface area contributed by atoms with E-state index >= 15 is 0 Å². The molecule has 0 fully saturated rings. The van der Waals surface area contributed by atoms with Crippen molar-refractivity contribution in [1.29, 1.82) is 0 Å². The molecule has 0 amide bonds. The molecule has 1 unspecified atom stereocenters. The summed E-state index contributed by atoms with van der Waals surface area (Å²) >= 11 is 0. The second kappa shape index (κ2) is 8.94. The summed E-state index contributed by atoms with van der Waals surface area (Å²) in [7, 11) is -0.456. The molecule has 0 aliphatic heterocycles. The number of ether oxygens (including phenoxy) is 2. The maximum absolute atomic E-state index is 12.2. The first kappa shape index (κ1) is 18.6. The molecular formula is C18H23NO4S. The number of rotatable bonds is 9. The molecule has 0 heterocycles. The summed E-state index contributed by atoms with van der Waals surface area (Å²) in [5, 5.41) is 0. The smallest absolute Gasteiger partial charge is 0.214 e. The van der Waals surface area contributed by atoms with Gasteiger partial charge in [0.25, 0.3) is 0 Å². The predicted octanol–water partition coefficient (Wildman–Crippen LogP) is 2.43. The standard InChI is InChI=1S/C18H23NO4S/c1-22-13-18(23-2)14-24(20,21)19-12-15-7-6-10-17(11-15)16-8-4-3-5-9-16/h3-11,18-19H,12-14H2,1-2H3. The Morgan fingerprint density at radius 3 is 2.38 bits per heavy atom. The van der Waals surface area contributed by atoms with Gasteiger partial charge < -0.3 is 9.47 Å². The van der Waals surface area contributed by atoms with Gasteiger partial charge in [-0.2, -0.15) is 0 Å². The van der Waals surface area contributed by atoms with Crippen molar-refractivity contribution in [1.82, 2.24) is 4.72 Å². The van der Waals surface area contributed by atoms with Crippen LogP contribution in [0.5, 0.6) is 0 Å². The van der Waals surface area contributed by atoms with Crippen molar-refractivity contribution < 1.29 is 17.9 Å². The second-order valence-corrected chi connectivity index (χ2v) is 7.33. The van der Waals surface area contributed by atoms with Gasteiger partial charge in [0.2, 0.25) is 10.0 Å².